The number of primary amides is 1. The summed E-state index contributed by atoms with van der Waals surface area (Å²) >= 11 is 22.7. The van der Waals surface area contributed by atoms with E-state index in [0.717, 1.165) is 89.0 Å². The molecule has 11 amide bonds. The summed E-state index contributed by atoms with van der Waals surface area (Å²) in [5.41, 5.74) is 7.56. The van der Waals surface area contributed by atoms with Gasteiger partial charge in [0.1, 0.15) is 124 Å². The number of thioether (sulfide) groups is 1. The predicted molar refractivity (Wildman–Crippen MR) is 518 cm³/mol. The summed E-state index contributed by atoms with van der Waals surface area (Å²) in [6.45, 7) is 5.85. The monoisotopic (exact) mass is 2140 g/mol. The van der Waals surface area contributed by atoms with Crippen molar-refractivity contribution in [2.75, 3.05) is 45.3 Å². The third-order valence-corrected chi connectivity index (χ3v) is 28.4. The number of unbranched alkanes of at least 4 members (excludes halogenated alkanes) is 1. The van der Waals surface area contributed by atoms with Crippen molar-refractivity contribution in [3.63, 3.8) is 0 Å². The van der Waals surface area contributed by atoms with Gasteiger partial charge in [-0.1, -0.05) is 83.3 Å². The van der Waals surface area contributed by atoms with Crippen molar-refractivity contribution >= 4 is 146 Å². The number of likely N-dealkylation sites (N-methyl/N-ethyl adjacent to an activating group) is 1. The molecule has 9 aliphatic heterocycles. The molecule has 53 heteroatoms. The van der Waals surface area contributed by atoms with Crippen LogP contribution in [0.4, 0.5) is 5.13 Å². The number of pyridine rings is 1. The van der Waals surface area contributed by atoms with Gasteiger partial charge in [0.2, 0.25) is 65.2 Å². The van der Waals surface area contributed by atoms with Crippen molar-refractivity contribution in [2.24, 2.45) is 16.8 Å². The number of aromatic hydroxyl groups is 3. The largest absolute Gasteiger partial charge is 0.508 e. The number of aliphatic hydroxyl groups is 6. The van der Waals surface area contributed by atoms with Crippen molar-refractivity contribution in [1.29, 1.82) is 0 Å². The van der Waals surface area contributed by atoms with Crippen LogP contribution < -0.4 is 88.7 Å². The molecule has 7 aromatic rings. The fourth-order valence-corrected chi connectivity index (χ4v) is 20.5. The number of nitrogens with one attached hydrogen (secondary N) is 11. The highest BCUT2D eigenvalue weighted by molar-refractivity contribution is 8.00. The predicted octanol–water partition coefficient (Wildman–Crippen LogP) is 0.499. The number of carboxylic acid groups (broad SMARTS) is 2. The lowest BCUT2D eigenvalue weighted by atomic mass is 9.85. The molecule has 11 bridgehead atoms. The number of β-lactam (4-membered cyclic amide) rings is 1. The Bertz CT molecular complexity index is 6350. The summed E-state index contributed by atoms with van der Waals surface area (Å²) in [5.74, 6) is -20.0. The number of amides is 11. The number of carbonyl (C=O) groups is 13. The topological polar surface area (TPSA) is 726 Å². The number of oxime groups is 1. The van der Waals surface area contributed by atoms with Gasteiger partial charge in [-0.15, -0.1) is 11.8 Å². The molecular formula is C94H107Cl3N17O31S2+. The van der Waals surface area contributed by atoms with E-state index in [1.807, 2.05) is 0 Å². The minimum Gasteiger partial charge on any atom is -0.508 e. The minimum absolute atomic E-state index is 0.00272. The first-order valence-electron chi connectivity index (χ1n) is 46.0. The number of ether oxygens (including phenoxy) is 6. The summed E-state index contributed by atoms with van der Waals surface area (Å²) in [4.78, 5) is 195. The molecule has 20 atom stereocenters. The first-order chi connectivity index (χ1) is 69.8. The number of halogens is 3. The Labute approximate surface area is 859 Å². The van der Waals surface area contributed by atoms with Gasteiger partial charge in [-0.2, -0.15) is 0 Å². The highest BCUT2D eigenvalue weighted by atomic mass is 35.5. The van der Waals surface area contributed by atoms with Gasteiger partial charge in [-0.25, -0.2) is 19.1 Å². The number of carboxylic acids is 2. The van der Waals surface area contributed by atoms with Crippen LogP contribution in [0.5, 0.6) is 46.0 Å². The number of anilines is 1. The van der Waals surface area contributed by atoms with Crippen LogP contribution >= 0.6 is 57.9 Å². The van der Waals surface area contributed by atoms with Crippen LogP contribution in [0.3, 0.4) is 0 Å². The quantitative estimate of drug-likeness (QED) is 0.00925. The zero-order valence-electron chi connectivity index (χ0n) is 79.0. The molecule has 786 valence electrons. The Morgan fingerprint density at radius 1 is 0.721 bits per heavy atom. The highest BCUT2D eigenvalue weighted by Gasteiger charge is 2.57. The number of aromatic nitrogens is 2. The molecule has 147 heavy (non-hydrogen) atoms. The Hall–Kier alpha value is -13.4. The standard InChI is InChI=1S/C94H106Cl3N17O31S2/c1-37(2)23-50(100-5)81(127)108-69-73(122)41-12-15-54(48(95)25-41)141-56-27-43-28-57(142-55-16-13-42(26-49(55)96)74(123)70-87(133)107-66(90(135)136)47-29-45(116)30-53(118)63(47)46-24-40(11-14-52(46)117)64(83(129)109-70)106-84(130)65(43)105-82(128)51(31-59(98)119)104-86(69)132)77(56)145-92-78(76(125)75(124)58(35-115)143-92)144-62-32-94(4,79(126)38(3)140-62)103-20-19-101-60(120)9-7-8-10-61(121)102-33-39-17-21-113(22-18-39)34-44-36-146-89-71(88(134)114(89)72(44)91(137)138)110-85(131)68(112-139-6)67-80(97)147-93(99)111-67/h11-18,21-22,24-30,37-38,50-51,58,62,64-66,69-71,73-76,78-79,89,92,100,103,115,122-126H,7-10,19-20,23,31-36H2,1-6H3,(H17-,98,99,101,102,104,105,106,107,108,109,110,111,112,116,117,118,119,120,121,127,128,129,130,131,132,133,135,136,137,138)/p+1/t38-,50+,51-,58+,62-,64+,65+,66-,69+,70-,71+,73+,74+,75+,76-,78+,79+,89+,92-,94-/m0/s1. The zero-order valence-corrected chi connectivity index (χ0v) is 82.9. The number of phenols is 3. The van der Waals surface area contributed by atoms with Crippen LogP contribution in [-0.4, -0.2) is 279 Å². The Kier molecular flexibility index (Phi) is 34.8. The van der Waals surface area contributed by atoms with Crippen LogP contribution in [0.25, 0.3) is 11.1 Å². The molecule has 5 aromatic carbocycles. The number of nitrogens with two attached hydrogens (primary N) is 2. The van der Waals surface area contributed by atoms with Crippen LogP contribution in [0.1, 0.15) is 142 Å². The van der Waals surface area contributed by atoms with E-state index in [9.17, 15) is 94.5 Å². The van der Waals surface area contributed by atoms with Crippen molar-refractivity contribution in [2.45, 2.75) is 206 Å². The second-order valence-electron chi connectivity index (χ2n) is 36.2. The lowest BCUT2D eigenvalue weighted by Gasteiger charge is -2.49. The maximum Gasteiger partial charge on any atom is 0.352 e. The fourth-order valence-electron chi connectivity index (χ4n) is 17.8. The summed E-state index contributed by atoms with van der Waals surface area (Å²) < 4.78 is 41.1. The molecule has 0 aliphatic carbocycles. The van der Waals surface area contributed by atoms with E-state index in [0.29, 0.717) is 24.0 Å². The van der Waals surface area contributed by atoms with Gasteiger partial charge in [0.15, 0.2) is 59.7 Å². The third-order valence-electron chi connectivity index (χ3n) is 25.4. The summed E-state index contributed by atoms with van der Waals surface area (Å²) in [6.07, 6.45) is -15.7. The van der Waals surface area contributed by atoms with Gasteiger partial charge in [-0.05, 0) is 128 Å². The average molecular weight is 2140 g/mol. The first-order valence-corrected chi connectivity index (χ1v) is 49.0. The molecule has 9 aliphatic rings. The van der Waals surface area contributed by atoms with Crippen LogP contribution in [0.2, 0.25) is 14.4 Å². The number of nitrogens with zero attached hydrogens (tertiary/aromatic N) is 4. The number of fused-ring (bicyclic) bond motifs is 16. The number of rotatable bonds is 31. The van der Waals surface area contributed by atoms with E-state index in [-0.39, 0.29) is 113 Å². The maximum atomic E-state index is 16.3. The SMILES string of the molecule is CN[C@H](CC(C)C)C(=O)N[C@H]1C(=O)N[C@@H](CC(N)=O)C(=O)N[C@H]2C(=O)N[C@H]3C(=O)N[C@H](C(=O)N[C@H](C(=O)O)c4cc(O)cc(O)c4-c4cc3ccc4O)[C@H](O)c3ccc(c(Cl)c3)Oc3cc2cc(c3O[C@@H]2O[C@H](CO)[C@@H](O)[C@H](O)[C@H]2O[C@H]2C[C@](C)(NCCNC(=O)CCCCC(=O)NCc3cc[n+](CC4=C(C(=O)O)N5C(=O)[C@@H](NC(=O)/C(=N\OC)c6nc(N)sc6Cl)[C@H]5SC4)cc3)[C@H](O)[C@H](C)O2)Oc2ccc(cc2Cl)[C@H]1O. The van der Waals surface area contributed by atoms with Crippen molar-refractivity contribution in [1.82, 2.24) is 68.4 Å². The highest BCUT2D eigenvalue weighted by Crippen LogP contribution is 2.51. The number of hydrogen-bond acceptors (Lipinski definition) is 36. The van der Waals surface area contributed by atoms with Crippen molar-refractivity contribution in [3.8, 4) is 57.1 Å². The summed E-state index contributed by atoms with van der Waals surface area (Å²) in [5, 5.41) is 158. The molecule has 48 nitrogen and oxygen atoms in total. The van der Waals surface area contributed by atoms with E-state index in [1.165, 1.54) is 38.9 Å². The Balaban J connectivity index is 0.714. The molecule has 2 aromatic heterocycles. The minimum atomic E-state index is -2.41. The van der Waals surface area contributed by atoms with Gasteiger partial charge in [0.05, 0.1) is 41.3 Å². The van der Waals surface area contributed by atoms with Crippen molar-refractivity contribution < 1.29 is 156 Å². The lowest BCUT2D eigenvalue weighted by Crippen LogP contribution is -2.71. The molecule has 26 N–H and O–H groups in total. The molecule has 3 saturated heterocycles. The first kappa shape index (κ1) is 109. The van der Waals surface area contributed by atoms with E-state index < -0.39 is 283 Å². The second kappa shape index (κ2) is 46.8. The number of benzene rings is 5. The molecule has 0 unspecified atom stereocenters. The number of carbonyl (C=O) groups excluding carboxylic acids is 11. The molecular weight excluding hydrogens is 2030 g/mol. The molecule has 0 spiro atoms. The molecule has 11 heterocycles. The van der Waals surface area contributed by atoms with Gasteiger partial charge in [0, 0.05) is 90.7 Å². The second-order valence-corrected chi connectivity index (χ2v) is 39.7. The Morgan fingerprint density at radius 2 is 1.36 bits per heavy atom. The third kappa shape index (κ3) is 24.7. The van der Waals surface area contributed by atoms with Gasteiger partial charge >= 0.3 is 11.9 Å². The summed E-state index contributed by atoms with van der Waals surface area (Å²) in [7, 11) is 2.65. The number of nitrogen functional groups attached to an aromatic ring is 1. The smallest absolute Gasteiger partial charge is 0.352 e. The van der Waals surface area contributed by atoms with Crippen LogP contribution in [0.15, 0.2) is 120 Å². The number of aliphatic hydroxyl groups excluding tert-OH is 6. The fraction of sp³-hybridized carbons (Fsp3) is 0.426. The van der Waals surface area contributed by atoms with Crippen LogP contribution in [0, 0.1) is 5.92 Å². The molecule has 16 rings (SSSR count). The lowest BCUT2D eigenvalue weighted by molar-refractivity contribution is -0.689. The Morgan fingerprint density at radius 3 is 1.97 bits per heavy atom. The van der Waals surface area contributed by atoms with Crippen molar-refractivity contribution in [3.05, 3.63) is 168 Å². The van der Waals surface area contributed by atoms with Crippen LogP contribution in [-0.2, 0) is 94.5 Å². The van der Waals surface area contributed by atoms with E-state index in [1.54, 1.807) is 49.9 Å². The number of aliphatic carboxylic acids is 2. The zero-order chi connectivity index (χ0) is 106. The number of thiazole rings is 1. The normalized spacial score (nSPS) is 25.9. The van der Waals surface area contributed by atoms with Gasteiger partial charge in [0.25, 0.3) is 11.8 Å². The number of phenolic OH excluding ortho intramolecular Hbond substituents is 3. The molecule has 0 radical (unpaired) electrons. The molecule has 0 saturated carbocycles. The maximum absolute atomic E-state index is 16.3. The molecule has 3 fully saturated rings. The number of hydrogen-bond donors (Lipinski definition) is 24. The summed E-state index contributed by atoms with van der Waals surface area (Å²) in [6, 6.07) is 1.02. The van der Waals surface area contributed by atoms with E-state index in [4.69, 9.17) is 79.5 Å². The van der Waals surface area contributed by atoms with E-state index >= 15 is 24.0 Å². The van der Waals surface area contributed by atoms with E-state index in [2.05, 4.69) is 68.6 Å². The van der Waals surface area contributed by atoms with Gasteiger partial charge in [-0.3, -0.25) is 57.6 Å². The van der Waals surface area contributed by atoms with Gasteiger partial charge < -0.3 is 159 Å². The average Bonchev–Trinajstić information content (AvgIpc) is 0.778.